The molecular weight excluding hydrogens is 318 g/mol. The lowest BCUT2D eigenvalue weighted by Crippen LogP contribution is -2.15. The molecule has 3 rings (SSSR count). The zero-order valence-corrected chi connectivity index (χ0v) is 12.7. The number of hydrogen-bond acceptors (Lipinski definition) is 5. The van der Waals surface area contributed by atoms with E-state index in [1.54, 1.807) is 47.3 Å². The van der Waals surface area contributed by atoms with Gasteiger partial charge in [-0.05, 0) is 36.4 Å². The molecule has 1 aromatic heterocycles. The summed E-state index contributed by atoms with van der Waals surface area (Å²) in [5.74, 6) is 0. The van der Waals surface area contributed by atoms with Crippen LogP contribution in [0, 0.1) is 0 Å². The third-order valence-electron chi connectivity index (χ3n) is 3.43. The summed E-state index contributed by atoms with van der Waals surface area (Å²) >= 11 is 5.86. The molecule has 23 heavy (non-hydrogen) atoms. The van der Waals surface area contributed by atoms with E-state index >= 15 is 0 Å². The number of aromatic nitrogens is 2. The fourth-order valence-corrected chi connectivity index (χ4v) is 2.41. The van der Waals surface area contributed by atoms with Gasteiger partial charge >= 0.3 is 0 Å². The number of aliphatic hydroxyl groups is 1. The van der Waals surface area contributed by atoms with Crippen LogP contribution in [-0.2, 0) is 0 Å². The lowest BCUT2D eigenvalue weighted by Gasteiger charge is -2.16. The minimum Gasteiger partial charge on any atom is -0.382 e. The summed E-state index contributed by atoms with van der Waals surface area (Å²) in [7, 11) is 0. The molecular formula is C16H14ClN3O3. The van der Waals surface area contributed by atoms with E-state index in [4.69, 9.17) is 11.6 Å². The summed E-state index contributed by atoms with van der Waals surface area (Å²) in [5, 5.41) is 33.9. The maximum absolute atomic E-state index is 10.5. The van der Waals surface area contributed by atoms with Crippen molar-refractivity contribution in [1.82, 2.24) is 9.78 Å². The fraction of sp³-hybridized carbons (Fsp3) is 0.0625. The Bertz CT molecular complexity index is 802. The topological polar surface area (TPSA) is 81.8 Å². The minimum absolute atomic E-state index is 0.0191. The number of para-hydroxylation sites is 1. The number of benzene rings is 2. The third kappa shape index (κ3) is 3.20. The summed E-state index contributed by atoms with van der Waals surface area (Å²) in [6, 6.07) is 15.2. The number of halogens is 1. The molecule has 118 valence electrons. The van der Waals surface area contributed by atoms with E-state index in [9.17, 15) is 15.5 Å². The van der Waals surface area contributed by atoms with Crippen LogP contribution in [0.25, 0.3) is 5.69 Å². The molecule has 0 saturated carbocycles. The third-order valence-corrected chi connectivity index (χ3v) is 3.68. The van der Waals surface area contributed by atoms with Crippen molar-refractivity contribution in [2.45, 2.75) is 6.10 Å². The molecule has 6 nitrogen and oxygen atoms in total. The number of hydrogen-bond donors (Lipinski definition) is 3. The summed E-state index contributed by atoms with van der Waals surface area (Å²) < 4.78 is 1.60. The van der Waals surface area contributed by atoms with Crippen molar-refractivity contribution in [2.75, 3.05) is 5.23 Å². The molecule has 3 aromatic rings. The zero-order chi connectivity index (χ0) is 16.4. The van der Waals surface area contributed by atoms with E-state index in [0.717, 1.165) is 5.69 Å². The Hall–Kier alpha value is -2.38. The lowest BCUT2D eigenvalue weighted by molar-refractivity contribution is 0.0275. The van der Waals surface area contributed by atoms with Gasteiger partial charge in [-0.1, -0.05) is 29.8 Å². The van der Waals surface area contributed by atoms with Crippen molar-refractivity contribution < 1.29 is 15.5 Å². The van der Waals surface area contributed by atoms with Gasteiger partial charge in [0.2, 0.25) is 0 Å². The van der Waals surface area contributed by atoms with E-state index in [2.05, 4.69) is 5.10 Å². The van der Waals surface area contributed by atoms with Crippen LogP contribution in [0.1, 0.15) is 17.4 Å². The van der Waals surface area contributed by atoms with E-state index in [1.165, 1.54) is 6.07 Å². The van der Waals surface area contributed by atoms with Crippen molar-refractivity contribution in [3.05, 3.63) is 77.1 Å². The zero-order valence-electron chi connectivity index (χ0n) is 11.9. The Morgan fingerprint density at radius 2 is 1.70 bits per heavy atom. The van der Waals surface area contributed by atoms with E-state index < -0.39 is 6.10 Å². The van der Waals surface area contributed by atoms with Crippen molar-refractivity contribution >= 4 is 17.3 Å². The van der Waals surface area contributed by atoms with Gasteiger partial charge in [0.15, 0.2) is 0 Å². The first-order chi connectivity index (χ1) is 11.1. The molecule has 1 atom stereocenters. The van der Waals surface area contributed by atoms with Crippen LogP contribution >= 0.6 is 11.6 Å². The molecule has 1 heterocycles. The van der Waals surface area contributed by atoms with Crippen LogP contribution in [0.4, 0.5) is 5.69 Å². The van der Waals surface area contributed by atoms with Gasteiger partial charge in [0.1, 0.15) is 11.8 Å². The van der Waals surface area contributed by atoms with Crippen LogP contribution in [-0.4, -0.2) is 25.3 Å². The quantitative estimate of drug-likeness (QED) is 0.640. The minimum atomic E-state index is -1.10. The summed E-state index contributed by atoms with van der Waals surface area (Å²) in [5.41, 5.74) is 1.60. The molecule has 0 aliphatic rings. The molecule has 0 radical (unpaired) electrons. The van der Waals surface area contributed by atoms with Crippen molar-refractivity contribution in [2.24, 2.45) is 0 Å². The van der Waals surface area contributed by atoms with Gasteiger partial charge < -0.3 is 5.11 Å². The average molecular weight is 332 g/mol. The highest BCUT2D eigenvalue weighted by Gasteiger charge is 2.19. The second kappa shape index (κ2) is 6.39. The highest BCUT2D eigenvalue weighted by molar-refractivity contribution is 6.30. The van der Waals surface area contributed by atoms with Gasteiger partial charge in [0.25, 0.3) is 0 Å². The lowest BCUT2D eigenvalue weighted by atomic mass is 10.0. The standard InChI is InChI=1S/C16H14ClN3O3/c17-11-5-7-12(8-6-11)19-10-9-14(18-19)16(21)13-3-1-2-4-15(13)20(22)23/h1-10,16,21-23H. The van der Waals surface area contributed by atoms with E-state index in [-0.39, 0.29) is 10.9 Å². The summed E-state index contributed by atoms with van der Waals surface area (Å²) in [6.45, 7) is 0. The van der Waals surface area contributed by atoms with Crippen LogP contribution in [0.2, 0.25) is 5.02 Å². The highest BCUT2D eigenvalue weighted by Crippen LogP contribution is 2.29. The first-order valence-electron chi connectivity index (χ1n) is 6.82. The Morgan fingerprint density at radius 3 is 2.39 bits per heavy atom. The van der Waals surface area contributed by atoms with Gasteiger partial charge in [0, 0.05) is 16.8 Å². The average Bonchev–Trinajstić information content (AvgIpc) is 3.04. The number of nitrogens with zero attached hydrogens (tertiary/aromatic N) is 3. The van der Waals surface area contributed by atoms with Gasteiger partial charge in [0.05, 0.1) is 11.4 Å². The molecule has 1 unspecified atom stereocenters. The highest BCUT2D eigenvalue weighted by atomic mass is 35.5. The Labute approximate surface area is 137 Å². The maximum Gasteiger partial charge on any atom is 0.125 e. The van der Waals surface area contributed by atoms with Crippen LogP contribution in [0.3, 0.4) is 0 Å². The monoisotopic (exact) mass is 331 g/mol. The molecule has 3 N–H and O–H groups in total. The first kappa shape index (κ1) is 15.5. The largest absolute Gasteiger partial charge is 0.382 e. The van der Waals surface area contributed by atoms with Crippen LogP contribution in [0.5, 0.6) is 0 Å². The summed E-state index contributed by atoms with van der Waals surface area (Å²) in [4.78, 5) is 0. The van der Waals surface area contributed by atoms with Crippen LogP contribution in [0.15, 0.2) is 60.8 Å². The SMILES string of the molecule is OC(c1ccn(-c2ccc(Cl)cc2)n1)c1ccccc1N(O)O. The molecule has 0 saturated heterocycles. The molecule has 0 amide bonds. The van der Waals surface area contributed by atoms with Gasteiger partial charge in [-0.15, -0.1) is 5.23 Å². The van der Waals surface area contributed by atoms with Crippen LogP contribution < -0.4 is 5.23 Å². The normalized spacial score (nSPS) is 12.2. The number of rotatable bonds is 4. The van der Waals surface area contributed by atoms with Crippen molar-refractivity contribution in [1.29, 1.82) is 0 Å². The number of aliphatic hydroxyl groups excluding tert-OH is 1. The fourth-order valence-electron chi connectivity index (χ4n) is 2.28. The molecule has 2 aromatic carbocycles. The molecule has 0 bridgehead atoms. The molecule has 0 aliphatic carbocycles. The van der Waals surface area contributed by atoms with E-state index in [1.807, 2.05) is 12.1 Å². The van der Waals surface area contributed by atoms with Gasteiger partial charge in [-0.2, -0.15) is 5.10 Å². The molecule has 7 heteroatoms. The second-order valence-electron chi connectivity index (χ2n) is 4.91. The smallest absolute Gasteiger partial charge is 0.125 e. The first-order valence-corrected chi connectivity index (χ1v) is 7.20. The molecule has 0 aliphatic heterocycles. The van der Waals surface area contributed by atoms with Crippen molar-refractivity contribution in [3.8, 4) is 5.69 Å². The Morgan fingerprint density at radius 1 is 1.00 bits per heavy atom. The van der Waals surface area contributed by atoms with Gasteiger partial charge in [-0.3, -0.25) is 10.4 Å². The van der Waals surface area contributed by atoms with E-state index in [0.29, 0.717) is 16.3 Å². The Kier molecular flexibility index (Phi) is 4.31. The predicted octanol–water partition coefficient (Wildman–Crippen LogP) is 3.19. The second-order valence-corrected chi connectivity index (χ2v) is 5.35. The molecule has 0 spiro atoms. The van der Waals surface area contributed by atoms with Crippen molar-refractivity contribution in [3.63, 3.8) is 0 Å². The maximum atomic E-state index is 10.5. The number of anilines is 1. The summed E-state index contributed by atoms with van der Waals surface area (Å²) in [6.07, 6.45) is 0.613. The molecule has 0 fully saturated rings. The Balaban J connectivity index is 1.93. The predicted molar refractivity (Wildman–Crippen MR) is 85.1 cm³/mol. The van der Waals surface area contributed by atoms with Gasteiger partial charge in [-0.25, -0.2) is 4.68 Å².